The normalized spacial score (nSPS) is 21.7. The van der Waals surface area contributed by atoms with Gasteiger partial charge in [0.1, 0.15) is 0 Å². The van der Waals surface area contributed by atoms with Crippen LogP contribution in [0.25, 0.3) is 0 Å². The number of benzene rings is 1. The highest BCUT2D eigenvalue weighted by atomic mass is 32.2. The van der Waals surface area contributed by atoms with Gasteiger partial charge in [-0.15, -0.1) is 0 Å². The molecule has 1 N–H and O–H groups in total. The topological polar surface area (TPSA) is 63.2 Å². The quantitative estimate of drug-likeness (QED) is 0.889. The molecule has 1 amide bonds. The Kier molecular flexibility index (Phi) is 4.01. The zero-order valence-corrected chi connectivity index (χ0v) is 10.9. The van der Waals surface area contributed by atoms with Crippen LogP contribution in [0.3, 0.4) is 0 Å². The van der Waals surface area contributed by atoms with Crippen LogP contribution in [0.1, 0.15) is 18.4 Å². The van der Waals surface area contributed by atoms with E-state index < -0.39 is 9.84 Å². The van der Waals surface area contributed by atoms with Gasteiger partial charge in [0.25, 0.3) is 0 Å². The first-order chi connectivity index (χ1) is 8.55. The third kappa shape index (κ3) is 3.84. The van der Waals surface area contributed by atoms with Crippen LogP contribution >= 0.6 is 0 Å². The molecule has 0 spiro atoms. The van der Waals surface area contributed by atoms with Gasteiger partial charge in [0.15, 0.2) is 9.84 Å². The molecule has 0 bridgehead atoms. The van der Waals surface area contributed by atoms with Crippen molar-refractivity contribution in [1.29, 1.82) is 0 Å². The van der Waals surface area contributed by atoms with Gasteiger partial charge in [0, 0.05) is 13.0 Å². The molecule has 0 aliphatic carbocycles. The molecule has 0 radical (unpaired) electrons. The van der Waals surface area contributed by atoms with Crippen molar-refractivity contribution in [2.24, 2.45) is 5.92 Å². The van der Waals surface area contributed by atoms with Crippen LogP contribution in [0.4, 0.5) is 0 Å². The summed E-state index contributed by atoms with van der Waals surface area (Å²) in [7, 11) is -2.89. The lowest BCUT2D eigenvalue weighted by molar-refractivity contribution is -0.122. The zero-order chi connectivity index (χ0) is 13.0. The number of nitrogens with one attached hydrogen (secondary N) is 1. The molecule has 1 atom stereocenters. The van der Waals surface area contributed by atoms with Crippen LogP contribution in [0, 0.1) is 5.92 Å². The van der Waals surface area contributed by atoms with Gasteiger partial charge in [0.2, 0.25) is 5.91 Å². The fourth-order valence-electron chi connectivity index (χ4n) is 2.16. The molecular weight excluding hydrogens is 250 g/mol. The van der Waals surface area contributed by atoms with Gasteiger partial charge in [-0.2, -0.15) is 0 Å². The number of hydrogen-bond donors (Lipinski definition) is 1. The minimum absolute atomic E-state index is 0.00854. The van der Waals surface area contributed by atoms with Gasteiger partial charge >= 0.3 is 0 Å². The van der Waals surface area contributed by atoms with E-state index in [-0.39, 0.29) is 23.3 Å². The standard InChI is InChI=1S/C13H17NO3S/c15-13(8-12-6-7-18(16,17)10-12)14-9-11-4-2-1-3-5-11/h1-5,12H,6-10H2,(H,14,15)/t12-/m1/s1. The lowest BCUT2D eigenvalue weighted by atomic mass is 10.1. The Bertz CT molecular complexity index is 510. The second kappa shape index (κ2) is 5.52. The highest BCUT2D eigenvalue weighted by Gasteiger charge is 2.29. The van der Waals surface area contributed by atoms with Crippen molar-refractivity contribution in [1.82, 2.24) is 5.32 Å². The fraction of sp³-hybridized carbons (Fsp3) is 0.462. The van der Waals surface area contributed by atoms with Crippen molar-refractivity contribution >= 4 is 15.7 Å². The zero-order valence-electron chi connectivity index (χ0n) is 10.1. The van der Waals surface area contributed by atoms with Gasteiger partial charge in [-0.3, -0.25) is 4.79 Å². The van der Waals surface area contributed by atoms with Gasteiger partial charge in [-0.1, -0.05) is 30.3 Å². The lowest BCUT2D eigenvalue weighted by Crippen LogP contribution is -2.25. The number of sulfone groups is 1. The second-order valence-corrected chi connectivity index (χ2v) is 6.96. The molecule has 1 aliphatic heterocycles. The Morgan fingerprint density at radius 3 is 2.61 bits per heavy atom. The fourth-order valence-corrected chi connectivity index (χ4v) is 4.03. The van der Waals surface area contributed by atoms with E-state index in [2.05, 4.69) is 5.32 Å². The van der Waals surface area contributed by atoms with E-state index in [1.807, 2.05) is 30.3 Å². The van der Waals surface area contributed by atoms with Crippen LogP contribution in [0.2, 0.25) is 0 Å². The van der Waals surface area contributed by atoms with E-state index in [9.17, 15) is 13.2 Å². The van der Waals surface area contributed by atoms with E-state index in [1.165, 1.54) is 0 Å². The van der Waals surface area contributed by atoms with Crippen molar-refractivity contribution in [3.05, 3.63) is 35.9 Å². The minimum atomic E-state index is -2.89. The van der Waals surface area contributed by atoms with Gasteiger partial charge in [-0.25, -0.2) is 8.42 Å². The van der Waals surface area contributed by atoms with Crippen LogP contribution < -0.4 is 5.32 Å². The molecule has 0 unspecified atom stereocenters. The maximum absolute atomic E-state index is 11.7. The largest absolute Gasteiger partial charge is 0.352 e. The molecule has 0 aromatic heterocycles. The number of hydrogen-bond acceptors (Lipinski definition) is 3. The predicted molar refractivity (Wildman–Crippen MR) is 69.7 cm³/mol. The summed E-state index contributed by atoms with van der Waals surface area (Å²) in [4.78, 5) is 11.7. The van der Waals surface area contributed by atoms with Crippen molar-refractivity contribution in [2.45, 2.75) is 19.4 Å². The summed E-state index contributed by atoms with van der Waals surface area (Å²) in [5.41, 5.74) is 1.05. The monoisotopic (exact) mass is 267 g/mol. The third-order valence-corrected chi connectivity index (χ3v) is 4.97. The Labute approximate surface area is 107 Å². The number of carbonyl (C=O) groups excluding carboxylic acids is 1. The van der Waals surface area contributed by atoms with Crippen molar-refractivity contribution < 1.29 is 13.2 Å². The van der Waals surface area contributed by atoms with Crippen LogP contribution in [0.15, 0.2) is 30.3 Å². The average Bonchev–Trinajstić information content (AvgIpc) is 2.67. The molecule has 1 saturated heterocycles. The maximum atomic E-state index is 11.7. The van der Waals surface area contributed by atoms with E-state index >= 15 is 0 Å². The summed E-state index contributed by atoms with van der Waals surface area (Å²) in [5, 5.41) is 2.82. The Hall–Kier alpha value is -1.36. The highest BCUT2D eigenvalue weighted by molar-refractivity contribution is 7.91. The van der Waals surface area contributed by atoms with Crippen LogP contribution in [-0.4, -0.2) is 25.8 Å². The molecule has 1 aliphatic rings. The number of carbonyl (C=O) groups is 1. The minimum Gasteiger partial charge on any atom is -0.352 e. The lowest BCUT2D eigenvalue weighted by Gasteiger charge is -2.08. The molecule has 1 heterocycles. The summed E-state index contributed by atoms with van der Waals surface area (Å²) in [5.74, 6) is 0.307. The Balaban J connectivity index is 1.76. The van der Waals surface area contributed by atoms with E-state index in [1.54, 1.807) is 0 Å². The molecule has 1 aromatic carbocycles. The van der Waals surface area contributed by atoms with Gasteiger partial charge in [0.05, 0.1) is 11.5 Å². The molecule has 18 heavy (non-hydrogen) atoms. The molecule has 2 rings (SSSR count). The first-order valence-electron chi connectivity index (χ1n) is 6.06. The van der Waals surface area contributed by atoms with E-state index in [4.69, 9.17) is 0 Å². The van der Waals surface area contributed by atoms with Crippen LogP contribution in [0.5, 0.6) is 0 Å². The van der Waals surface area contributed by atoms with Crippen molar-refractivity contribution in [2.75, 3.05) is 11.5 Å². The number of rotatable bonds is 4. The van der Waals surface area contributed by atoms with Gasteiger partial charge in [-0.05, 0) is 17.9 Å². The first kappa shape index (κ1) is 13.1. The summed E-state index contributed by atoms with van der Waals surface area (Å²) in [6, 6.07) is 9.66. The predicted octanol–water partition coefficient (Wildman–Crippen LogP) is 1.13. The molecule has 98 valence electrons. The summed E-state index contributed by atoms with van der Waals surface area (Å²) < 4.78 is 22.5. The third-order valence-electron chi connectivity index (χ3n) is 3.13. The van der Waals surface area contributed by atoms with E-state index in [0.717, 1.165) is 5.56 Å². The smallest absolute Gasteiger partial charge is 0.220 e. The molecule has 1 fully saturated rings. The average molecular weight is 267 g/mol. The van der Waals surface area contributed by atoms with Crippen LogP contribution in [-0.2, 0) is 21.2 Å². The molecule has 5 heteroatoms. The number of amides is 1. The summed E-state index contributed by atoms with van der Waals surface area (Å²) in [6.45, 7) is 0.499. The summed E-state index contributed by atoms with van der Waals surface area (Å²) >= 11 is 0. The second-order valence-electron chi connectivity index (χ2n) is 4.74. The molecular formula is C13H17NO3S. The Morgan fingerprint density at radius 1 is 1.28 bits per heavy atom. The van der Waals surface area contributed by atoms with Crippen molar-refractivity contribution in [3.8, 4) is 0 Å². The molecule has 1 aromatic rings. The van der Waals surface area contributed by atoms with E-state index in [0.29, 0.717) is 19.4 Å². The highest BCUT2D eigenvalue weighted by Crippen LogP contribution is 2.21. The van der Waals surface area contributed by atoms with Gasteiger partial charge < -0.3 is 5.32 Å². The van der Waals surface area contributed by atoms with Crippen molar-refractivity contribution in [3.63, 3.8) is 0 Å². The maximum Gasteiger partial charge on any atom is 0.220 e. The SMILES string of the molecule is O=C(C[C@H]1CCS(=O)(=O)C1)NCc1ccccc1. The molecule has 0 saturated carbocycles. The summed E-state index contributed by atoms with van der Waals surface area (Å²) in [6.07, 6.45) is 0.924. The Morgan fingerprint density at radius 2 is 2.00 bits per heavy atom. The molecule has 4 nitrogen and oxygen atoms in total. The first-order valence-corrected chi connectivity index (χ1v) is 7.88.